The van der Waals surface area contributed by atoms with E-state index >= 15 is 0 Å². The maximum Gasteiger partial charge on any atom is 0.358 e. The number of hydrogen-bond donors (Lipinski definition) is 1. The topological polar surface area (TPSA) is 158 Å². The second-order valence-electron chi connectivity index (χ2n) is 12.3. The van der Waals surface area contributed by atoms with Crippen LogP contribution in [0, 0.1) is 11.3 Å². The standard InChI is InChI=1S/C33H40N8O4S/c1-6-10-20-28(45-39-29(20)33(4)14-8-12-24-27(33)21(18-34)30(35)46-24)31-36-25(41-16-13-22(38-41)32(42)43-7-2)17-26(37-31)44-19(3)23-11-9-15-40(23)5/h13,16-17,19,23H,6-12,14-15,35H2,1-5H3/t19-,23-,33-/m0/s1. The van der Waals surface area contributed by atoms with Crippen LogP contribution >= 0.6 is 11.3 Å². The van der Waals surface area contributed by atoms with Crippen molar-refractivity contribution in [1.29, 1.82) is 5.26 Å². The lowest BCUT2D eigenvalue weighted by Crippen LogP contribution is -2.38. The SMILES string of the molecule is CCCc1c([C@@]2(C)CCCc3sc(N)c(C#N)c32)noc1-c1nc(O[C@@H](C)[C@@H]2CCCN2C)cc(-n2ccc(C(=O)OCC)n2)n1. The molecule has 3 atom stereocenters. The highest BCUT2D eigenvalue weighted by Gasteiger charge is 2.43. The maximum absolute atomic E-state index is 12.4. The molecule has 0 aromatic carbocycles. The van der Waals surface area contributed by atoms with E-state index in [2.05, 4.69) is 49.0 Å². The molecule has 1 aliphatic heterocycles. The fourth-order valence-electron chi connectivity index (χ4n) is 6.99. The second-order valence-corrected chi connectivity index (χ2v) is 13.4. The fourth-order valence-corrected chi connectivity index (χ4v) is 8.18. The van der Waals surface area contributed by atoms with Crippen LogP contribution in [-0.2, 0) is 23.0 Å². The molecule has 1 aliphatic carbocycles. The van der Waals surface area contributed by atoms with Crippen LogP contribution in [0.5, 0.6) is 5.88 Å². The van der Waals surface area contributed by atoms with Gasteiger partial charge >= 0.3 is 5.97 Å². The van der Waals surface area contributed by atoms with Gasteiger partial charge in [0.25, 0.3) is 0 Å². The molecule has 4 aromatic rings. The van der Waals surface area contributed by atoms with Gasteiger partial charge in [0, 0.05) is 34.2 Å². The van der Waals surface area contributed by atoms with Gasteiger partial charge in [-0.1, -0.05) is 18.5 Å². The summed E-state index contributed by atoms with van der Waals surface area (Å²) in [6.45, 7) is 9.30. The average Bonchev–Trinajstić information content (AvgIpc) is 3.83. The molecule has 46 heavy (non-hydrogen) atoms. The van der Waals surface area contributed by atoms with E-state index in [0.717, 1.165) is 66.8 Å². The molecule has 1 fully saturated rings. The Kier molecular flexibility index (Phi) is 8.85. The van der Waals surface area contributed by atoms with Gasteiger partial charge in [-0.3, -0.25) is 4.90 Å². The first kappa shape index (κ1) is 31.7. The summed E-state index contributed by atoms with van der Waals surface area (Å²) in [7, 11) is 2.11. The lowest BCUT2D eigenvalue weighted by molar-refractivity contribution is 0.0519. The summed E-state index contributed by atoms with van der Waals surface area (Å²) in [6, 6.07) is 5.91. The van der Waals surface area contributed by atoms with Crippen LogP contribution in [0.4, 0.5) is 5.00 Å². The number of rotatable bonds is 10. The molecule has 12 nitrogen and oxygen atoms in total. The van der Waals surface area contributed by atoms with E-state index in [0.29, 0.717) is 40.3 Å². The number of carbonyl (C=O) groups excluding carboxylic acids is 1. The Hall–Kier alpha value is -4.28. The quantitative estimate of drug-likeness (QED) is 0.218. The molecule has 6 rings (SSSR count). The number of carbonyl (C=O) groups is 1. The van der Waals surface area contributed by atoms with E-state index in [-0.39, 0.29) is 24.4 Å². The molecular formula is C33H40N8O4S. The number of esters is 1. The number of nitrogen functional groups attached to an aromatic ring is 1. The molecule has 4 aromatic heterocycles. The number of nitriles is 1. The minimum absolute atomic E-state index is 0.135. The zero-order valence-electron chi connectivity index (χ0n) is 27.0. The molecule has 0 radical (unpaired) electrons. The van der Waals surface area contributed by atoms with Crippen molar-refractivity contribution >= 4 is 22.3 Å². The van der Waals surface area contributed by atoms with Crippen LogP contribution in [-0.4, -0.2) is 68.1 Å². The molecule has 0 saturated carbocycles. The Labute approximate surface area is 272 Å². The minimum atomic E-state index is -0.561. The molecule has 1 saturated heterocycles. The van der Waals surface area contributed by atoms with E-state index < -0.39 is 11.4 Å². The number of likely N-dealkylation sites (tertiary alicyclic amines) is 1. The monoisotopic (exact) mass is 644 g/mol. The summed E-state index contributed by atoms with van der Waals surface area (Å²) in [5, 5.41) is 19.7. The van der Waals surface area contributed by atoms with Crippen LogP contribution in [0.15, 0.2) is 22.9 Å². The molecule has 5 heterocycles. The Bertz CT molecular complexity index is 1790. The van der Waals surface area contributed by atoms with Gasteiger partial charge in [-0.15, -0.1) is 11.3 Å². The predicted molar refractivity (Wildman–Crippen MR) is 173 cm³/mol. The van der Waals surface area contributed by atoms with E-state index in [4.69, 9.17) is 29.7 Å². The summed E-state index contributed by atoms with van der Waals surface area (Å²) < 4.78 is 19.3. The molecule has 0 unspecified atom stereocenters. The van der Waals surface area contributed by atoms with Crippen molar-refractivity contribution in [1.82, 2.24) is 29.8 Å². The van der Waals surface area contributed by atoms with Gasteiger partial charge < -0.3 is 19.7 Å². The second kappa shape index (κ2) is 12.8. The van der Waals surface area contributed by atoms with Crippen molar-refractivity contribution in [3.8, 4) is 29.4 Å². The van der Waals surface area contributed by atoms with Crippen LogP contribution in [0.25, 0.3) is 17.4 Å². The fraction of sp³-hybridized carbons (Fsp3) is 0.515. The number of hydrogen-bond acceptors (Lipinski definition) is 12. The highest BCUT2D eigenvalue weighted by atomic mass is 32.1. The Morgan fingerprint density at radius 3 is 2.87 bits per heavy atom. The van der Waals surface area contributed by atoms with Gasteiger partial charge in [-0.2, -0.15) is 15.3 Å². The first-order chi connectivity index (χ1) is 22.2. The van der Waals surface area contributed by atoms with Crippen LogP contribution in [0.3, 0.4) is 0 Å². The van der Waals surface area contributed by atoms with Crippen molar-refractivity contribution in [2.75, 3.05) is 25.9 Å². The van der Waals surface area contributed by atoms with E-state index in [1.807, 2.05) is 0 Å². The number of aromatic nitrogens is 5. The summed E-state index contributed by atoms with van der Waals surface area (Å²) >= 11 is 1.49. The molecular weight excluding hydrogens is 604 g/mol. The third-order valence-electron chi connectivity index (χ3n) is 9.19. The number of ether oxygens (including phenoxy) is 2. The highest BCUT2D eigenvalue weighted by Crippen LogP contribution is 2.50. The van der Waals surface area contributed by atoms with Crippen LogP contribution < -0.4 is 10.5 Å². The van der Waals surface area contributed by atoms with E-state index in [9.17, 15) is 10.1 Å². The van der Waals surface area contributed by atoms with Crippen molar-refractivity contribution in [3.63, 3.8) is 0 Å². The summed E-state index contributed by atoms with van der Waals surface area (Å²) in [4.78, 5) is 25.5. The molecule has 2 aliphatic rings. The largest absolute Gasteiger partial charge is 0.473 e. The van der Waals surface area contributed by atoms with Crippen LogP contribution in [0.1, 0.15) is 97.5 Å². The number of likely N-dealkylation sites (N-methyl/N-ethyl adjacent to an activating group) is 1. The highest BCUT2D eigenvalue weighted by molar-refractivity contribution is 7.16. The number of nitrogens with zero attached hydrogens (tertiary/aromatic N) is 7. The molecule has 0 amide bonds. The number of aryl methyl sites for hydroxylation is 1. The third-order valence-corrected chi connectivity index (χ3v) is 10.3. The van der Waals surface area contributed by atoms with Gasteiger partial charge in [0.1, 0.15) is 17.2 Å². The summed E-state index contributed by atoms with van der Waals surface area (Å²) in [5.41, 5.74) is 9.09. The smallest absolute Gasteiger partial charge is 0.358 e. The average molecular weight is 645 g/mol. The van der Waals surface area contributed by atoms with Gasteiger partial charge in [0.05, 0.1) is 17.9 Å². The Balaban J connectivity index is 1.47. The maximum atomic E-state index is 12.4. The minimum Gasteiger partial charge on any atom is -0.473 e. The van der Waals surface area contributed by atoms with Crippen molar-refractivity contribution in [2.24, 2.45) is 0 Å². The van der Waals surface area contributed by atoms with E-state index in [1.54, 1.807) is 25.3 Å². The normalized spacial score (nSPS) is 20.3. The zero-order valence-corrected chi connectivity index (χ0v) is 27.8. The molecule has 0 bridgehead atoms. The lowest BCUT2D eigenvalue weighted by atomic mass is 9.69. The summed E-state index contributed by atoms with van der Waals surface area (Å²) in [6.07, 6.45) is 7.81. The van der Waals surface area contributed by atoms with Gasteiger partial charge in [-0.05, 0) is 84.5 Å². The molecule has 13 heteroatoms. The predicted octanol–water partition coefficient (Wildman–Crippen LogP) is 5.47. The van der Waals surface area contributed by atoms with Crippen molar-refractivity contribution in [3.05, 3.63) is 51.3 Å². The van der Waals surface area contributed by atoms with Gasteiger partial charge in [0.15, 0.2) is 11.5 Å². The summed E-state index contributed by atoms with van der Waals surface area (Å²) in [5.74, 6) is 1.01. The first-order valence-corrected chi connectivity index (χ1v) is 16.8. The number of nitrogens with two attached hydrogens (primary N) is 1. The molecule has 242 valence electrons. The number of anilines is 1. The molecule has 2 N–H and O–H groups in total. The zero-order chi connectivity index (χ0) is 32.6. The van der Waals surface area contributed by atoms with Gasteiger partial charge in [-0.25, -0.2) is 14.5 Å². The number of thiophene rings is 1. The first-order valence-electron chi connectivity index (χ1n) is 16.0. The lowest BCUT2D eigenvalue weighted by Gasteiger charge is -2.33. The van der Waals surface area contributed by atoms with E-state index in [1.165, 1.54) is 16.0 Å². The Morgan fingerprint density at radius 1 is 1.33 bits per heavy atom. The Morgan fingerprint density at radius 2 is 2.15 bits per heavy atom. The third kappa shape index (κ3) is 5.64. The van der Waals surface area contributed by atoms with Crippen molar-refractivity contribution < 1.29 is 18.8 Å². The number of fused-ring (bicyclic) bond motifs is 1. The van der Waals surface area contributed by atoms with Crippen molar-refractivity contribution in [2.45, 2.75) is 90.2 Å². The van der Waals surface area contributed by atoms with Gasteiger partial charge in [0.2, 0.25) is 17.5 Å². The molecule has 0 spiro atoms. The van der Waals surface area contributed by atoms with Crippen LogP contribution in [0.2, 0.25) is 0 Å².